The highest BCUT2D eigenvalue weighted by molar-refractivity contribution is 7.11. The summed E-state index contributed by atoms with van der Waals surface area (Å²) in [7, 11) is 0. The van der Waals surface area contributed by atoms with Crippen molar-refractivity contribution in [3.8, 4) is 0 Å². The molecule has 1 aromatic carbocycles. The first-order chi connectivity index (χ1) is 9.52. The molecule has 2 nitrogen and oxygen atoms in total. The molecule has 1 aromatic heterocycles. The number of hydrogen-bond donors (Lipinski definition) is 1. The Bertz CT molecular complexity index is 555. The van der Waals surface area contributed by atoms with Gasteiger partial charge in [0.15, 0.2) is 0 Å². The van der Waals surface area contributed by atoms with Gasteiger partial charge in [-0.1, -0.05) is 45.0 Å². The van der Waals surface area contributed by atoms with Gasteiger partial charge in [-0.2, -0.15) is 0 Å². The molecule has 0 bridgehead atoms. The second kappa shape index (κ2) is 6.51. The van der Waals surface area contributed by atoms with Crippen LogP contribution in [0.4, 0.5) is 0 Å². The molecule has 2 rings (SSSR count). The fraction of sp³-hybridized carbons (Fsp3) is 0.471. The van der Waals surface area contributed by atoms with Crippen LogP contribution >= 0.6 is 11.3 Å². The summed E-state index contributed by atoms with van der Waals surface area (Å²) in [6.45, 7) is 11.7. The molecular formula is C17H24N2S. The molecule has 1 heterocycles. The molecule has 0 radical (unpaired) electrons. The Hall–Kier alpha value is -1.19. The molecular weight excluding hydrogens is 264 g/mol. The van der Waals surface area contributed by atoms with Crippen LogP contribution in [0.3, 0.4) is 0 Å². The molecule has 0 spiro atoms. The molecule has 3 heteroatoms. The van der Waals surface area contributed by atoms with Crippen molar-refractivity contribution in [2.75, 3.05) is 6.54 Å². The van der Waals surface area contributed by atoms with Crippen molar-refractivity contribution >= 4 is 11.3 Å². The van der Waals surface area contributed by atoms with Gasteiger partial charge in [-0.25, -0.2) is 4.98 Å². The maximum atomic E-state index is 4.56. The molecule has 0 fully saturated rings. The minimum atomic E-state index is 0.257. The number of nitrogens with zero attached hydrogens (tertiary/aromatic N) is 1. The second-order valence-corrected chi connectivity index (χ2v) is 6.73. The average Bonchev–Trinajstić information content (AvgIpc) is 2.75. The van der Waals surface area contributed by atoms with E-state index in [9.17, 15) is 0 Å². The summed E-state index contributed by atoms with van der Waals surface area (Å²) in [5.74, 6) is 0.578. The molecule has 0 aliphatic rings. The Morgan fingerprint density at radius 3 is 2.15 bits per heavy atom. The number of benzene rings is 1. The first-order valence-electron chi connectivity index (χ1n) is 7.30. The lowest BCUT2D eigenvalue weighted by atomic mass is 9.98. The van der Waals surface area contributed by atoms with Gasteiger partial charge in [-0.05, 0) is 37.4 Å². The molecule has 0 amide bonds. The third-order valence-electron chi connectivity index (χ3n) is 3.55. The molecule has 0 aliphatic carbocycles. The zero-order valence-corrected chi connectivity index (χ0v) is 13.8. The summed E-state index contributed by atoms with van der Waals surface area (Å²) < 4.78 is 0. The summed E-state index contributed by atoms with van der Waals surface area (Å²) in [4.78, 5) is 5.90. The van der Waals surface area contributed by atoms with E-state index in [0.717, 1.165) is 17.2 Å². The summed E-state index contributed by atoms with van der Waals surface area (Å²) in [6, 6.07) is 9.24. The van der Waals surface area contributed by atoms with E-state index in [4.69, 9.17) is 0 Å². The Morgan fingerprint density at radius 2 is 1.70 bits per heavy atom. The highest BCUT2D eigenvalue weighted by Gasteiger charge is 2.18. The van der Waals surface area contributed by atoms with Crippen LogP contribution in [-0.4, -0.2) is 11.5 Å². The van der Waals surface area contributed by atoms with E-state index in [-0.39, 0.29) is 6.04 Å². The average molecular weight is 288 g/mol. The monoisotopic (exact) mass is 288 g/mol. The topological polar surface area (TPSA) is 24.9 Å². The van der Waals surface area contributed by atoms with Gasteiger partial charge in [0.25, 0.3) is 0 Å². The third-order valence-corrected chi connectivity index (χ3v) is 4.68. The predicted octanol–water partition coefficient (Wildman–Crippen LogP) is 4.58. The lowest BCUT2D eigenvalue weighted by molar-refractivity contribution is 0.635. The van der Waals surface area contributed by atoms with Crippen LogP contribution in [0, 0.1) is 13.8 Å². The van der Waals surface area contributed by atoms with Crippen LogP contribution in [0.15, 0.2) is 24.3 Å². The number of hydrogen-bond acceptors (Lipinski definition) is 3. The van der Waals surface area contributed by atoms with Crippen molar-refractivity contribution in [3.05, 3.63) is 51.0 Å². The van der Waals surface area contributed by atoms with Crippen molar-refractivity contribution in [1.82, 2.24) is 10.3 Å². The van der Waals surface area contributed by atoms with E-state index in [0.29, 0.717) is 5.92 Å². The molecule has 2 aromatic rings. The van der Waals surface area contributed by atoms with E-state index in [2.05, 4.69) is 69.2 Å². The number of rotatable bonds is 5. The Balaban J connectivity index is 2.35. The number of thiazole rings is 1. The van der Waals surface area contributed by atoms with Gasteiger partial charge >= 0.3 is 0 Å². The maximum Gasteiger partial charge on any atom is 0.0900 e. The largest absolute Gasteiger partial charge is 0.306 e. The molecule has 20 heavy (non-hydrogen) atoms. The SMILES string of the molecule is CCNC(c1ccc(C(C)C)cc1)c1sc(C)nc1C. The van der Waals surface area contributed by atoms with E-state index in [1.165, 1.54) is 16.0 Å². The van der Waals surface area contributed by atoms with Crippen LogP contribution in [0.1, 0.15) is 59.4 Å². The number of nitrogens with one attached hydrogen (secondary N) is 1. The molecule has 0 saturated heterocycles. The summed E-state index contributed by atoms with van der Waals surface area (Å²) in [6.07, 6.45) is 0. The number of aromatic nitrogens is 1. The smallest absolute Gasteiger partial charge is 0.0900 e. The van der Waals surface area contributed by atoms with Gasteiger partial charge in [0.2, 0.25) is 0 Å². The molecule has 0 aliphatic heterocycles. The molecule has 108 valence electrons. The standard InChI is InChI=1S/C17H24N2S/c1-6-18-16(17-12(4)19-13(5)20-17)15-9-7-14(8-10-15)11(2)3/h7-11,16,18H,6H2,1-5H3. The van der Waals surface area contributed by atoms with Crippen LogP contribution in [-0.2, 0) is 0 Å². The first kappa shape index (κ1) is 15.2. The second-order valence-electron chi connectivity index (χ2n) is 5.49. The molecule has 1 N–H and O–H groups in total. The summed E-state index contributed by atoms with van der Waals surface area (Å²) in [5.41, 5.74) is 3.86. The van der Waals surface area contributed by atoms with Crippen LogP contribution in [0.5, 0.6) is 0 Å². The van der Waals surface area contributed by atoms with E-state index < -0.39 is 0 Å². The Labute approximate surface area is 126 Å². The highest BCUT2D eigenvalue weighted by atomic mass is 32.1. The van der Waals surface area contributed by atoms with Gasteiger partial charge in [0, 0.05) is 4.88 Å². The van der Waals surface area contributed by atoms with Crippen molar-refractivity contribution in [2.24, 2.45) is 0 Å². The summed E-state index contributed by atoms with van der Waals surface area (Å²) >= 11 is 1.79. The van der Waals surface area contributed by atoms with Crippen molar-refractivity contribution in [3.63, 3.8) is 0 Å². The maximum absolute atomic E-state index is 4.56. The fourth-order valence-corrected chi connectivity index (χ4v) is 3.49. The molecule has 1 atom stereocenters. The van der Waals surface area contributed by atoms with Gasteiger partial charge in [-0.3, -0.25) is 0 Å². The van der Waals surface area contributed by atoms with Crippen molar-refractivity contribution < 1.29 is 0 Å². The van der Waals surface area contributed by atoms with Crippen LogP contribution in [0.25, 0.3) is 0 Å². The first-order valence-corrected chi connectivity index (χ1v) is 8.11. The molecule has 0 saturated carbocycles. The highest BCUT2D eigenvalue weighted by Crippen LogP contribution is 2.30. The zero-order chi connectivity index (χ0) is 14.7. The van der Waals surface area contributed by atoms with E-state index >= 15 is 0 Å². The van der Waals surface area contributed by atoms with Crippen molar-refractivity contribution in [2.45, 2.75) is 46.6 Å². The summed E-state index contributed by atoms with van der Waals surface area (Å²) in [5, 5.41) is 4.73. The minimum Gasteiger partial charge on any atom is -0.306 e. The quantitative estimate of drug-likeness (QED) is 0.871. The normalized spacial score (nSPS) is 12.9. The number of aryl methyl sites for hydroxylation is 2. The lowest BCUT2D eigenvalue weighted by Gasteiger charge is -2.18. The van der Waals surface area contributed by atoms with Crippen molar-refractivity contribution in [1.29, 1.82) is 0 Å². The fourth-order valence-electron chi connectivity index (χ4n) is 2.45. The lowest BCUT2D eigenvalue weighted by Crippen LogP contribution is -2.21. The van der Waals surface area contributed by atoms with Gasteiger partial charge in [0.05, 0.1) is 16.7 Å². The predicted molar refractivity (Wildman–Crippen MR) is 87.6 cm³/mol. The van der Waals surface area contributed by atoms with Gasteiger partial charge < -0.3 is 5.32 Å². The van der Waals surface area contributed by atoms with E-state index in [1.807, 2.05) is 0 Å². The molecule has 1 unspecified atom stereocenters. The zero-order valence-electron chi connectivity index (χ0n) is 13.0. The Morgan fingerprint density at radius 1 is 1.10 bits per heavy atom. The van der Waals surface area contributed by atoms with Gasteiger partial charge in [-0.15, -0.1) is 11.3 Å². The van der Waals surface area contributed by atoms with Gasteiger partial charge in [0.1, 0.15) is 0 Å². The third kappa shape index (κ3) is 3.28. The van der Waals surface area contributed by atoms with E-state index in [1.54, 1.807) is 11.3 Å². The Kier molecular flexibility index (Phi) is 4.95. The van der Waals surface area contributed by atoms with Crippen LogP contribution < -0.4 is 5.32 Å². The minimum absolute atomic E-state index is 0.257. The van der Waals surface area contributed by atoms with Crippen LogP contribution in [0.2, 0.25) is 0 Å².